The highest BCUT2D eigenvalue weighted by molar-refractivity contribution is 5.94. The molecule has 1 aromatic heterocycles. The van der Waals surface area contributed by atoms with Crippen LogP contribution in [0.2, 0.25) is 0 Å². The van der Waals surface area contributed by atoms with Crippen molar-refractivity contribution in [1.29, 1.82) is 0 Å². The molecular weight excluding hydrogens is 230 g/mol. The summed E-state index contributed by atoms with van der Waals surface area (Å²) in [6, 6.07) is 5.20. The Hall–Kier alpha value is -1.81. The van der Waals surface area contributed by atoms with Crippen molar-refractivity contribution in [3.8, 4) is 0 Å². The summed E-state index contributed by atoms with van der Waals surface area (Å²) in [7, 11) is 0. The van der Waals surface area contributed by atoms with Crippen LogP contribution < -0.4 is 0 Å². The zero-order valence-corrected chi connectivity index (χ0v) is 10.7. The van der Waals surface area contributed by atoms with Gasteiger partial charge in [-0.25, -0.2) is 4.79 Å². The molecule has 0 aliphatic rings. The monoisotopic (exact) mass is 247 g/mol. The molecule has 96 valence electrons. The molecule has 1 aromatic carbocycles. The second-order valence-electron chi connectivity index (χ2n) is 4.80. The number of benzene rings is 1. The summed E-state index contributed by atoms with van der Waals surface area (Å²) < 4.78 is 1.99. The first kappa shape index (κ1) is 12.6. The quantitative estimate of drug-likeness (QED) is 0.876. The molecular formula is C14H17NO3. The van der Waals surface area contributed by atoms with Crippen molar-refractivity contribution in [1.82, 2.24) is 4.57 Å². The zero-order valence-electron chi connectivity index (χ0n) is 10.7. The van der Waals surface area contributed by atoms with Crippen LogP contribution in [-0.4, -0.2) is 20.7 Å². The molecule has 1 unspecified atom stereocenters. The Labute approximate surface area is 105 Å². The largest absolute Gasteiger partial charge is 0.478 e. The van der Waals surface area contributed by atoms with Gasteiger partial charge in [-0.1, -0.05) is 6.07 Å². The first-order valence-electron chi connectivity index (χ1n) is 5.97. The molecule has 2 rings (SSSR count). The van der Waals surface area contributed by atoms with Gasteiger partial charge < -0.3 is 14.8 Å². The Bertz CT molecular complexity index is 596. The van der Waals surface area contributed by atoms with E-state index in [-0.39, 0.29) is 11.6 Å². The molecule has 0 saturated heterocycles. The lowest BCUT2D eigenvalue weighted by Crippen LogP contribution is -2.00. The number of rotatable bonds is 3. The molecule has 1 atom stereocenters. The second-order valence-corrected chi connectivity index (χ2v) is 4.80. The summed E-state index contributed by atoms with van der Waals surface area (Å²) >= 11 is 0. The summed E-state index contributed by atoms with van der Waals surface area (Å²) in [6.45, 7) is 5.77. The van der Waals surface area contributed by atoms with Crippen LogP contribution in [0.1, 0.15) is 48.8 Å². The number of fused-ring (bicyclic) bond motifs is 1. The van der Waals surface area contributed by atoms with Gasteiger partial charge in [0.15, 0.2) is 0 Å². The van der Waals surface area contributed by atoms with Crippen LogP contribution in [0.3, 0.4) is 0 Å². The van der Waals surface area contributed by atoms with Gasteiger partial charge in [-0.05, 0) is 32.9 Å². The molecule has 0 aliphatic heterocycles. The van der Waals surface area contributed by atoms with E-state index in [2.05, 4.69) is 0 Å². The highest BCUT2D eigenvalue weighted by Gasteiger charge is 2.15. The van der Waals surface area contributed by atoms with Crippen LogP contribution in [0, 0.1) is 0 Å². The third-order valence-corrected chi connectivity index (χ3v) is 3.12. The molecule has 0 spiro atoms. The van der Waals surface area contributed by atoms with Crippen LogP contribution in [0.25, 0.3) is 10.9 Å². The average molecular weight is 247 g/mol. The molecule has 0 amide bonds. The number of aliphatic hydroxyl groups excluding tert-OH is 1. The molecule has 2 N–H and O–H groups in total. The van der Waals surface area contributed by atoms with Gasteiger partial charge in [0.05, 0.1) is 11.7 Å². The SMILES string of the molecule is CC(O)c1cn(C(C)C)c2cc(C(=O)O)ccc12. The minimum atomic E-state index is -0.938. The maximum atomic E-state index is 11.0. The lowest BCUT2D eigenvalue weighted by Gasteiger charge is -2.09. The molecule has 0 bridgehead atoms. The minimum absolute atomic E-state index is 0.212. The number of aromatic carboxylic acids is 1. The van der Waals surface area contributed by atoms with Gasteiger partial charge in [0.2, 0.25) is 0 Å². The predicted molar refractivity (Wildman–Crippen MR) is 69.9 cm³/mol. The summed E-state index contributed by atoms with van der Waals surface area (Å²) in [4.78, 5) is 11.0. The van der Waals surface area contributed by atoms with Crippen LogP contribution in [0.15, 0.2) is 24.4 Å². The van der Waals surface area contributed by atoms with Gasteiger partial charge in [-0.2, -0.15) is 0 Å². The van der Waals surface area contributed by atoms with E-state index in [0.29, 0.717) is 0 Å². The van der Waals surface area contributed by atoms with E-state index in [9.17, 15) is 9.90 Å². The smallest absolute Gasteiger partial charge is 0.335 e. The van der Waals surface area contributed by atoms with Crippen molar-refractivity contribution >= 4 is 16.9 Å². The van der Waals surface area contributed by atoms with Crippen molar-refractivity contribution < 1.29 is 15.0 Å². The molecule has 0 aliphatic carbocycles. The molecule has 0 saturated carbocycles. The van der Waals surface area contributed by atoms with Crippen LogP contribution in [0.5, 0.6) is 0 Å². The van der Waals surface area contributed by atoms with Crippen LogP contribution >= 0.6 is 0 Å². The summed E-state index contributed by atoms with van der Waals surface area (Å²) in [5, 5.41) is 19.7. The Morgan fingerprint density at radius 3 is 2.44 bits per heavy atom. The lowest BCUT2D eigenvalue weighted by atomic mass is 10.1. The van der Waals surface area contributed by atoms with Crippen molar-refractivity contribution in [3.05, 3.63) is 35.5 Å². The normalized spacial score (nSPS) is 13.2. The number of carboxylic acids is 1. The first-order chi connectivity index (χ1) is 8.41. The lowest BCUT2D eigenvalue weighted by molar-refractivity contribution is 0.0697. The average Bonchev–Trinajstić information content (AvgIpc) is 2.67. The van der Waals surface area contributed by atoms with Crippen LogP contribution in [0.4, 0.5) is 0 Å². The molecule has 0 radical (unpaired) electrons. The van der Waals surface area contributed by atoms with E-state index in [1.165, 1.54) is 0 Å². The van der Waals surface area contributed by atoms with Gasteiger partial charge in [-0.15, -0.1) is 0 Å². The fraction of sp³-hybridized carbons (Fsp3) is 0.357. The third-order valence-electron chi connectivity index (χ3n) is 3.12. The van der Waals surface area contributed by atoms with Crippen LogP contribution in [-0.2, 0) is 0 Å². The van der Waals surface area contributed by atoms with Crippen molar-refractivity contribution in [2.45, 2.75) is 32.9 Å². The molecule has 2 aromatic rings. The topological polar surface area (TPSA) is 62.5 Å². The summed E-state index contributed by atoms with van der Waals surface area (Å²) in [5.74, 6) is -0.938. The zero-order chi connectivity index (χ0) is 13.4. The van der Waals surface area contributed by atoms with E-state index >= 15 is 0 Å². The number of carbonyl (C=O) groups is 1. The fourth-order valence-corrected chi connectivity index (χ4v) is 2.17. The maximum Gasteiger partial charge on any atom is 0.335 e. The Morgan fingerprint density at radius 1 is 1.28 bits per heavy atom. The van der Waals surface area contributed by atoms with Gasteiger partial charge in [-0.3, -0.25) is 0 Å². The Morgan fingerprint density at radius 2 is 1.94 bits per heavy atom. The van der Waals surface area contributed by atoms with E-state index in [0.717, 1.165) is 16.5 Å². The van der Waals surface area contributed by atoms with E-state index in [4.69, 9.17) is 5.11 Å². The molecule has 1 heterocycles. The van der Waals surface area contributed by atoms with Gasteiger partial charge in [0, 0.05) is 28.7 Å². The number of hydrogen-bond donors (Lipinski definition) is 2. The van der Waals surface area contributed by atoms with Gasteiger partial charge in [0.25, 0.3) is 0 Å². The first-order valence-corrected chi connectivity index (χ1v) is 5.97. The molecule has 4 heteroatoms. The number of hydrogen-bond acceptors (Lipinski definition) is 2. The van der Waals surface area contributed by atoms with Gasteiger partial charge >= 0.3 is 5.97 Å². The van der Waals surface area contributed by atoms with Crippen molar-refractivity contribution in [2.75, 3.05) is 0 Å². The standard InChI is InChI=1S/C14H17NO3/c1-8(2)15-7-12(9(3)16)11-5-4-10(14(17)18)6-13(11)15/h4-9,16H,1-3H3,(H,17,18). The molecule has 4 nitrogen and oxygen atoms in total. The molecule has 18 heavy (non-hydrogen) atoms. The highest BCUT2D eigenvalue weighted by atomic mass is 16.4. The minimum Gasteiger partial charge on any atom is -0.478 e. The number of aliphatic hydroxyl groups is 1. The van der Waals surface area contributed by atoms with Gasteiger partial charge in [0.1, 0.15) is 0 Å². The maximum absolute atomic E-state index is 11.0. The van der Waals surface area contributed by atoms with E-state index in [1.54, 1.807) is 25.1 Å². The van der Waals surface area contributed by atoms with E-state index < -0.39 is 12.1 Å². The Balaban J connectivity index is 2.75. The van der Waals surface area contributed by atoms with Crippen molar-refractivity contribution in [3.63, 3.8) is 0 Å². The van der Waals surface area contributed by atoms with E-state index in [1.807, 2.05) is 24.6 Å². The number of nitrogens with zero attached hydrogens (tertiary/aromatic N) is 1. The fourth-order valence-electron chi connectivity index (χ4n) is 2.17. The Kier molecular flexibility index (Phi) is 3.13. The predicted octanol–water partition coefficient (Wildman–Crippen LogP) is 2.97. The second kappa shape index (κ2) is 4.46. The molecule has 0 fully saturated rings. The third kappa shape index (κ3) is 1.99. The summed E-state index contributed by atoms with van der Waals surface area (Å²) in [5.41, 5.74) is 1.94. The number of aromatic nitrogens is 1. The highest BCUT2D eigenvalue weighted by Crippen LogP contribution is 2.29. The summed E-state index contributed by atoms with van der Waals surface area (Å²) in [6.07, 6.45) is 1.33. The number of carboxylic acid groups (broad SMARTS) is 1. The van der Waals surface area contributed by atoms with Crippen molar-refractivity contribution in [2.24, 2.45) is 0 Å².